The maximum atomic E-state index is 13.4. The number of methoxy groups -OCH3 is 2. The lowest BCUT2D eigenvalue weighted by Gasteiger charge is -2.21. The van der Waals surface area contributed by atoms with Gasteiger partial charge in [-0.1, -0.05) is 12.1 Å². The first-order valence-corrected chi connectivity index (χ1v) is 22.7. The molecule has 0 aliphatic carbocycles. The summed E-state index contributed by atoms with van der Waals surface area (Å²) in [5.41, 5.74) is 1.39. The van der Waals surface area contributed by atoms with Crippen molar-refractivity contribution in [3.05, 3.63) is 85.5 Å². The second-order valence-corrected chi connectivity index (χ2v) is 17.0. The molecular weight excluding hydrogens is 991 g/mol. The average Bonchev–Trinajstić information content (AvgIpc) is 3.33. The highest BCUT2D eigenvalue weighted by Crippen LogP contribution is 2.19. The molecule has 21 heteroatoms. The van der Waals surface area contributed by atoms with Crippen LogP contribution in [0.25, 0.3) is 11.2 Å². The molecule has 4 rings (SSSR count). The summed E-state index contributed by atoms with van der Waals surface area (Å²) in [6, 6.07) is 11.7. The summed E-state index contributed by atoms with van der Waals surface area (Å²) >= 11 is 2.24. The number of carbonyl (C=O) groups excluding carboxylic acids is 7. The van der Waals surface area contributed by atoms with Crippen molar-refractivity contribution in [3.63, 3.8) is 0 Å². The standard InChI is InChI=1S/C47H55IN10O10/c1-6-10-32(43(63)53-37(45(65)67-4)12-7-8-24-49-39(61)13-9-11-30-14-18-33(48)19-15-30)25-36(60)22-23-38(46(66)68-5)54-42(62)31-16-20-35(21-17-31)58(29-59)27-34-26-50-41-40(52-34)44(64)56-47(55-41)51-28-57(2)3/h1,14-21,26,28-29,32,37-38H,7-13,22-25,27H2,2-5H3,(H,49,61)(H,53,63)(H,54,62)(H,50,55,56,64). The van der Waals surface area contributed by atoms with Crippen molar-refractivity contribution in [2.45, 2.75) is 82.8 Å². The minimum Gasteiger partial charge on any atom is -0.467 e. The molecule has 4 amide bonds. The lowest BCUT2D eigenvalue weighted by Crippen LogP contribution is -2.45. The molecule has 0 spiro atoms. The zero-order valence-electron chi connectivity index (χ0n) is 38.3. The summed E-state index contributed by atoms with van der Waals surface area (Å²) in [5.74, 6) is -1.84. The molecule has 4 N–H and O–H groups in total. The summed E-state index contributed by atoms with van der Waals surface area (Å²) in [4.78, 5) is 125. The van der Waals surface area contributed by atoms with Gasteiger partial charge < -0.3 is 35.2 Å². The molecule has 0 fully saturated rings. The molecule has 0 saturated heterocycles. The number of amides is 4. The number of benzene rings is 2. The van der Waals surface area contributed by atoms with Gasteiger partial charge in [0, 0.05) is 61.1 Å². The van der Waals surface area contributed by atoms with Crippen LogP contribution in [0.4, 0.5) is 11.6 Å². The molecule has 0 saturated carbocycles. The molecule has 0 bridgehead atoms. The van der Waals surface area contributed by atoms with Gasteiger partial charge in [-0.25, -0.2) is 24.5 Å². The summed E-state index contributed by atoms with van der Waals surface area (Å²) in [7, 11) is 5.84. The Labute approximate surface area is 407 Å². The second kappa shape index (κ2) is 27.5. The van der Waals surface area contributed by atoms with E-state index in [1.54, 1.807) is 19.0 Å². The maximum Gasteiger partial charge on any atom is 0.328 e. The van der Waals surface area contributed by atoms with Gasteiger partial charge in [0.1, 0.15) is 17.9 Å². The molecule has 3 unspecified atom stereocenters. The van der Waals surface area contributed by atoms with Crippen LogP contribution in [-0.4, -0.2) is 120 Å². The van der Waals surface area contributed by atoms with Gasteiger partial charge in [-0.2, -0.15) is 4.98 Å². The molecule has 2 heterocycles. The first-order chi connectivity index (χ1) is 32.6. The number of esters is 2. The van der Waals surface area contributed by atoms with Gasteiger partial charge in [0.15, 0.2) is 11.2 Å². The largest absolute Gasteiger partial charge is 0.467 e. The van der Waals surface area contributed by atoms with E-state index in [1.807, 2.05) is 24.3 Å². The van der Waals surface area contributed by atoms with E-state index in [9.17, 15) is 38.4 Å². The number of halogens is 1. The number of unbranched alkanes of at least 4 members (excludes halogenated alkanes) is 1. The maximum absolute atomic E-state index is 13.4. The third-order valence-electron chi connectivity index (χ3n) is 10.3. The van der Waals surface area contributed by atoms with E-state index in [-0.39, 0.29) is 72.9 Å². The number of carbonyl (C=O) groups is 7. The van der Waals surface area contributed by atoms with Crippen LogP contribution in [0.3, 0.4) is 0 Å². The Hall–Kier alpha value is -7.09. The number of nitrogens with zero attached hydrogens (tertiary/aromatic N) is 6. The molecule has 0 aliphatic rings. The lowest BCUT2D eigenvalue weighted by atomic mass is 9.94. The highest BCUT2D eigenvalue weighted by molar-refractivity contribution is 14.1. The number of nitrogens with one attached hydrogen (secondary N) is 4. The van der Waals surface area contributed by atoms with E-state index in [2.05, 4.69) is 69.4 Å². The molecule has 0 aliphatic heterocycles. The van der Waals surface area contributed by atoms with Crippen molar-refractivity contribution in [1.29, 1.82) is 0 Å². The number of H-pyrrole nitrogens is 1. The number of rotatable bonds is 27. The number of hydrogen-bond acceptors (Lipinski definition) is 14. The van der Waals surface area contributed by atoms with Crippen LogP contribution in [0.5, 0.6) is 0 Å². The molecule has 0 radical (unpaired) electrons. The Kier molecular flexibility index (Phi) is 21.7. The van der Waals surface area contributed by atoms with Gasteiger partial charge in [-0.3, -0.25) is 33.8 Å². The fourth-order valence-electron chi connectivity index (χ4n) is 6.71. The number of aryl methyl sites for hydroxylation is 1. The Morgan fingerprint density at radius 3 is 2.25 bits per heavy atom. The van der Waals surface area contributed by atoms with E-state index in [4.69, 9.17) is 15.9 Å². The van der Waals surface area contributed by atoms with Crippen LogP contribution in [0, 0.1) is 21.8 Å². The van der Waals surface area contributed by atoms with Crippen molar-refractivity contribution in [1.82, 2.24) is 40.8 Å². The fraction of sp³-hybridized carbons (Fsp3) is 0.404. The van der Waals surface area contributed by atoms with Crippen LogP contribution >= 0.6 is 22.6 Å². The molecule has 2 aromatic carbocycles. The number of Topliss-reactive ketones (excluding diaryl/α,β-unsaturated/α-hetero) is 1. The van der Waals surface area contributed by atoms with Gasteiger partial charge in [-0.15, -0.1) is 12.3 Å². The molecule has 68 heavy (non-hydrogen) atoms. The molecule has 2 aromatic heterocycles. The highest BCUT2D eigenvalue weighted by atomic mass is 127. The summed E-state index contributed by atoms with van der Waals surface area (Å²) in [6.07, 6.45) is 11.2. The van der Waals surface area contributed by atoms with Gasteiger partial charge in [0.2, 0.25) is 24.2 Å². The van der Waals surface area contributed by atoms with Crippen molar-refractivity contribution < 1.29 is 43.0 Å². The number of hydrogen-bond donors (Lipinski definition) is 4. The number of aliphatic imine (C=N–C) groups is 1. The summed E-state index contributed by atoms with van der Waals surface area (Å²) in [5, 5.41) is 8.11. The fourth-order valence-corrected chi connectivity index (χ4v) is 7.07. The van der Waals surface area contributed by atoms with Crippen LogP contribution in [0.2, 0.25) is 0 Å². The number of aromatic amines is 1. The third-order valence-corrected chi connectivity index (χ3v) is 11.0. The van der Waals surface area contributed by atoms with E-state index in [0.717, 1.165) is 22.7 Å². The predicted octanol–water partition coefficient (Wildman–Crippen LogP) is 3.32. The zero-order chi connectivity index (χ0) is 49.6. The van der Waals surface area contributed by atoms with Gasteiger partial charge in [0.25, 0.3) is 11.5 Å². The quantitative estimate of drug-likeness (QED) is 0.0127. The first-order valence-electron chi connectivity index (χ1n) is 21.7. The van der Waals surface area contributed by atoms with Crippen molar-refractivity contribution in [2.24, 2.45) is 10.9 Å². The molecule has 20 nitrogen and oxygen atoms in total. The predicted molar refractivity (Wildman–Crippen MR) is 260 cm³/mol. The van der Waals surface area contributed by atoms with Crippen LogP contribution < -0.4 is 26.4 Å². The Balaban J connectivity index is 1.27. The van der Waals surface area contributed by atoms with E-state index in [1.165, 1.54) is 48.8 Å². The summed E-state index contributed by atoms with van der Waals surface area (Å²) in [6.45, 7) is 0.312. The van der Waals surface area contributed by atoms with Crippen LogP contribution in [0.15, 0.2) is 64.5 Å². The highest BCUT2D eigenvalue weighted by Gasteiger charge is 2.29. The van der Waals surface area contributed by atoms with Crippen molar-refractivity contribution >= 4 is 93.6 Å². The smallest absolute Gasteiger partial charge is 0.328 e. The molecule has 360 valence electrons. The zero-order valence-corrected chi connectivity index (χ0v) is 40.4. The molecular formula is C47H55IN10O10. The van der Waals surface area contributed by atoms with Gasteiger partial charge >= 0.3 is 11.9 Å². The normalized spacial score (nSPS) is 12.2. The number of ketones is 1. The number of anilines is 1. The van der Waals surface area contributed by atoms with E-state index < -0.39 is 53.1 Å². The lowest BCUT2D eigenvalue weighted by molar-refractivity contribution is -0.146. The number of ether oxygens (including phenoxy) is 2. The number of terminal acetylenes is 1. The Morgan fingerprint density at radius 2 is 1.60 bits per heavy atom. The average molecular weight is 1050 g/mol. The Bertz CT molecular complexity index is 2530. The summed E-state index contributed by atoms with van der Waals surface area (Å²) < 4.78 is 10.9. The topological polar surface area (TPSA) is 264 Å². The third kappa shape index (κ3) is 17.3. The molecule has 4 aromatic rings. The number of aromatic nitrogens is 4. The Morgan fingerprint density at radius 1 is 0.912 bits per heavy atom. The second-order valence-electron chi connectivity index (χ2n) is 15.8. The van der Waals surface area contributed by atoms with Crippen molar-refractivity contribution in [2.75, 3.05) is 39.8 Å². The monoisotopic (exact) mass is 1050 g/mol. The first kappa shape index (κ1) is 53.5. The minimum absolute atomic E-state index is 0.0455. The minimum atomic E-state index is -1.24. The van der Waals surface area contributed by atoms with Crippen molar-refractivity contribution in [3.8, 4) is 12.3 Å². The molecule has 3 atom stereocenters. The van der Waals surface area contributed by atoms with Crippen LogP contribution in [0.1, 0.15) is 79.4 Å². The van der Waals surface area contributed by atoms with E-state index in [0.29, 0.717) is 44.3 Å². The SMILES string of the molecule is C#CCC(CC(=O)CCC(NC(=O)c1ccc(N(C=O)Cc2cnc3nc(N=CN(C)C)[nH]c(=O)c3n2)cc1)C(=O)OC)C(=O)NC(CCCCNC(=O)CCCc1ccc(I)cc1)C(=O)OC. The van der Waals surface area contributed by atoms with E-state index >= 15 is 0 Å². The van der Waals surface area contributed by atoms with Gasteiger partial charge in [0.05, 0.1) is 44.9 Å². The van der Waals surface area contributed by atoms with Gasteiger partial charge in [-0.05, 0) is 103 Å². The number of fused-ring (bicyclic) bond motifs is 1. The van der Waals surface area contributed by atoms with Crippen LogP contribution in [-0.2, 0) is 51.2 Å².